The van der Waals surface area contributed by atoms with Crippen molar-refractivity contribution >= 4 is 29.0 Å². The van der Waals surface area contributed by atoms with Gasteiger partial charge in [0.05, 0.1) is 5.41 Å². The summed E-state index contributed by atoms with van der Waals surface area (Å²) in [6, 6.07) is 9.41. The van der Waals surface area contributed by atoms with Crippen molar-refractivity contribution in [1.29, 1.82) is 0 Å². The van der Waals surface area contributed by atoms with Crippen LogP contribution in [0.5, 0.6) is 0 Å². The van der Waals surface area contributed by atoms with Gasteiger partial charge in [-0.2, -0.15) is 18.2 Å². The number of piperidine rings is 1. The third-order valence-electron chi connectivity index (χ3n) is 7.99. The predicted molar refractivity (Wildman–Crippen MR) is 147 cm³/mol. The molecule has 1 amide bonds. The number of aromatic nitrogens is 2. The maximum absolute atomic E-state index is 13.9. The molecule has 0 unspecified atom stereocenters. The van der Waals surface area contributed by atoms with Crippen LogP contribution < -0.4 is 21.3 Å². The standard InChI is InChI=1S/C29H33F3N6O/c1-16-17(2)22(9-8-20(16)18-10-12-33-13-11-18)37-27-35-15-21(29(30,31)32)25(38-27)34-14-19-6-5-7-23-24(19)28(3,4)26(39)36-23/h5-9,15,18,33H,10-14H2,1-4H3,(H,36,39)(H2,34,35,37,38). The van der Waals surface area contributed by atoms with Gasteiger partial charge in [-0.3, -0.25) is 4.79 Å². The Balaban J connectivity index is 1.42. The summed E-state index contributed by atoms with van der Waals surface area (Å²) in [4.78, 5) is 20.7. The molecule has 0 bridgehead atoms. The van der Waals surface area contributed by atoms with Crippen LogP contribution in [0.3, 0.4) is 0 Å². The molecule has 2 aliphatic rings. The van der Waals surface area contributed by atoms with Gasteiger partial charge in [0.25, 0.3) is 0 Å². The molecule has 0 radical (unpaired) electrons. The number of rotatable bonds is 6. The summed E-state index contributed by atoms with van der Waals surface area (Å²) in [6.07, 6.45) is -1.68. The van der Waals surface area contributed by atoms with Crippen molar-refractivity contribution in [1.82, 2.24) is 15.3 Å². The molecule has 0 atom stereocenters. The molecule has 1 aromatic heterocycles. The van der Waals surface area contributed by atoms with E-state index in [0.29, 0.717) is 11.6 Å². The highest BCUT2D eigenvalue weighted by Crippen LogP contribution is 2.41. The molecular formula is C29H33F3N6O. The molecule has 3 aromatic rings. The second-order valence-electron chi connectivity index (χ2n) is 10.8. The first-order valence-electron chi connectivity index (χ1n) is 13.2. The molecule has 1 fully saturated rings. The van der Waals surface area contributed by atoms with Crippen molar-refractivity contribution in [2.24, 2.45) is 0 Å². The third kappa shape index (κ3) is 5.17. The Morgan fingerprint density at radius 3 is 2.54 bits per heavy atom. The molecule has 2 aromatic carbocycles. The van der Waals surface area contributed by atoms with E-state index in [1.165, 1.54) is 11.1 Å². The molecule has 1 saturated heterocycles. The van der Waals surface area contributed by atoms with E-state index in [1.807, 2.05) is 13.0 Å². The van der Waals surface area contributed by atoms with E-state index in [-0.39, 0.29) is 24.2 Å². The average Bonchev–Trinajstić information content (AvgIpc) is 3.14. The maximum atomic E-state index is 13.9. The number of anilines is 4. The fourth-order valence-electron chi connectivity index (χ4n) is 5.62. The molecule has 0 spiro atoms. The normalized spacial score (nSPS) is 17.1. The van der Waals surface area contributed by atoms with Crippen molar-refractivity contribution in [3.63, 3.8) is 0 Å². The Morgan fingerprint density at radius 1 is 1.08 bits per heavy atom. The monoisotopic (exact) mass is 538 g/mol. The van der Waals surface area contributed by atoms with Crippen LogP contribution in [-0.4, -0.2) is 29.0 Å². The minimum Gasteiger partial charge on any atom is -0.365 e. The minimum absolute atomic E-state index is 0.0597. The van der Waals surface area contributed by atoms with Crippen LogP contribution in [-0.2, 0) is 22.9 Å². The highest BCUT2D eigenvalue weighted by atomic mass is 19.4. The number of fused-ring (bicyclic) bond motifs is 1. The van der Waals surface area contributed by atoms with Crippen LogP contribution in [0.25, 0.3) is 0 Å². The van der Waals surface area contributed by atoms with E-state index in [9.17, 15) is 18.0 Å². The van der Waals surface area contributed by atoms with E-state index >= 15 is 0 Å². The predicted octanol–water partition coefficient (Wildman–Crippen LogP) is 6.16. The van der Waals surface area contributed by atoms with E-state index in [0.717, 1.165) is 54.5 Å². The molecule has 5 rings (SSSR count). The molecular weight excluding hydrogens is 505 g/mol. The molecule has 10 heteroatoms. The van der Waals surface area contributed by atoms with Crippen molar-refractivity contribution in [2.75, 3.05) is 29.0 Å². The minimum atomic E-state index is -4.64. The van der Waals surface area contributed by atoms with Crippen LogP contribution in [0.15, 0.2) is 36.5 Å². The zero-order chi connectivity index (χ0) is 27.9. The van der Waals surface area contributed by atoms with E-state index < -0.39 is 17.2 Å². The van der Waals surface area contributed by atoms with Crippen molar-refractivity contribution in [3.05, 3.63) is 69.9 Å². The number of carbonyl (C=O) groups is 1. The number of amides is 1. The molecule has 0 aliphatic carbocycles. The van der Waals surface area contributed by atoms with Gasteiger partial charge in [0, 0.05) is 24.1 Å². The van der Waals surface area contributed by atoms with Gasteiger partial charge in [-0.05, 0) is 99.5 Å². The SMILES string of the molecule is Cc1c(Nc2ncc(C(F)(F)F)c(NCc3cccc4c3C(C)(C)C(=O)N4)n2)ccc(C2CCNCC2)c1C. The molecule has 206 valence electrons. The quantitative estimate of drug-likeness (QED) is 0.300. The van der Waals surface area contributed by atoms with Crippen LogP contribution >= 0.6 is 0 Å². The van der Waals surface area contributed by atoms with Crippen LogP contribution in [0.2, 0.25) is 0 Å². The highest BCUT2D eigenvalue weighted by Gasteiger charge is 2.40. The van der Waals surface area contributed by atoms with Crippen molar-refractivity contribution < 1.29 is 18.0 Å². The fourth-order valence-corrected chi connectivity index (χ4v) is 5.62. The highest BCUT2D eigenvalue weighted by molar-refractivity contribution is 6.06. The smallest absolute Gasteiger partial charge is 0.365 e. The first-order valence-corrected chi connectivity index (χ1v) is 13.2. The Labute approximate surface area is 226 Å². The summed E-state index contributed by atoms with van der Waals surface area (Å²) >= 11 is 0. The summed E-state index contributed by atoms with van der Waals surface area (Å²) < 4.78 is 41.6. The van der Waals surface area contributed by atoms with E-state index in [4.69, 9.17) is 0 Å². The second kappa shape index (κ2) is 10.1. The van der Waals surface area contributed by atoms with E-state index in [1.54, 1.807) is 32.0 Å². The van der Waals surface area contributed by atoms with Gasteiger partial charge in [-0.1, -0.05) is 18.2 Å². The summed E-state index contributed by atoms with van der Waals surface area (Å²) in [5.74, 6) is 0.0878. The summed E-state index contributed by atoms with van der Waals surface area (Å²) in [6.45, 7) is 9.72. The Bertz CT molecular complexity index is 1410. The zero-order valence-corrected chi connectivity index (χ0v) is 22.5. The number of benzene rings is 2. The molecule has 0 saturated carbocycles. The van der Waals surface area contributed by atoms with Gasteiger partial charge < -0.3 is 21.3 Å². The van der Waals surface area contributed by atoms with Gasteiger partial charge in [0.1, 0.15) is 11.4 Å². The second-order valence-corrected chi connectivity index (χ2v) is 10.8. The number of nitrogens with zero attached hydrogens (tertiary/aromatic N) is 2. The topological polar surface area (TPSA) is 91.0 Å². The molecule has 2 aliphatic heterocycles. The Morgan fingerprint density at radius 2 is 1.82 bits per heavy atom. The zero-order valence-electron chi connectivity index (χ0n) is 22.5. The lowest BCUT2D eigenvalue weighted by molar-refractivity contribution is -0.137. The Kier molecular flexibility index (Phi) is 7.00. The van der Waals surface area contributed by atoms with E-state index in [2.05, 4.69) is 44.2 Å². The number of carbonyl (C=O) groups excluding carboxylic acids is 1. The van der Waals surface area contributed by atoms with Gasteiger partial charge in [0.2, 0.25) is 11.9 Å². The molecule has 4 N–H and O–H groups in total. The van der Waals surface area contributed by atoms with Gasteiger partial charge in [-0.25, -0.2) is 4.98 Å². The number of halogens is 3. The van der Waals surface area contributed by atoms with Gasteiger partial charge in [-0.15, -0.1) is 0 Å². The lowest BCUT2D eigenvalue weighted by atomic mass is 9.83. The van der Waals surface area contributed by atoms with Gasteiger partial charge in [0.15, 0.2) is 0 Å². The molecule has 3 heterocycles. The lowest BCUT2D eigenvalue weighted by Crippen LogP contribution is -2.28. The maximum Gasteiger partial charge on any atom is 0.421 e. The average molecular weight is 539 g/mol. The first kappa shape index (κ1) is 26.9. The summed E-state index contributed by atoms with van der Waals surface area (Å²) in [5.41, 5.74) is 4.65. The number of hydrogen-bond donors (Lipinski definition) is 4. The summed E-state index contributed by atoms with van der Waals surface area (Å²) in [5, 5.41) is 12.2. The van der Waals surface area contributed by atoms with Crippen LogP contribution in [0.1, 0.15) is 66.0 Å². The molecule has 39 heavy (non-hydrogen) atoms. The van der Waals surface area contributed by atoms with Crippen molar-refractivity contribution in [2.45, 2.75) is 64.6 Å². The first-order chi connectivity index (χ1) is 18.5. The largest absolute Gasteiger partial charge is 0.421 e. The summed E-state index contributed by atoms with van der Waals surface area (Å²) in [7, 11) is 0. The lowest BCUT2D eigenvalue weighted by Gasteiger charge is -2.26. The number of alkyl halides is 3. The Hall–Kier alpha value is -3.66. The number of hydrogen-bond acceptors (Lipinski definition) is 6. The van der Waals surface area contributed by atoms with Crippen LogP contribution in [0, 0.1) is 13.8 Å². The fraction of sp³-hybridized carbons (Fsp3) is 0.414. The van der Waals surface area contributed by atoms with Gasteiger partial charge >= 0.3 is 6.18 Å². The van der Waals surface area contributed by atoms with Crippen molar-refractivity contribution in [3.8, 4) is 0 Å². The molecule has 7 nitrogen and oxygen atoms in total. The third-order valence-corrected chi connectivity index (χ3v) is 7.99. The number of nitrogens with one attached hydrogen (secondary N) is 4. The van der Waals surface area contributed by atoms with Crippen LogP contribution in [0.4, 0.5) is 36.3 Å².